The average Bonchev–Trinajstić information content (AvgIpc) is 2.36. The van der Waals surface area contributed by atoms with Gasteiger partial charge < -0.3 is 5.32 Å². The normalized spacial score (nSPS) is 14.2. The van der Waals surface area contributed by atoms with Crippen LogP contribution in [0.5, 0.6) is 0 Å². The van der Waals surface area contributed by atoms with E-state index in [1.54, 1.807) is 6.92 Å². The zero-order valence-corrected chi connectivity index (χ0v) is 13.6. The quantitative estimate of drug-likeness (QED) is 0.863. The molecule has 1 rings (SSSR count). The summed E-state index contributed by atoms with van der Waals surface area (Å²) < 4.78 is 0. The van der Waals surface area contributed by atoms with Gasteiger partial charge in [-0.1, -0.05) is 39.0 Å². The van der Waals surface area contributed by atoms with Crippen molar-refractivity contribution in [2.45, 2.75) is 45.1 Å². The van der Waals surface area contributed by atoms with E-state index in [0.717, 1.165) is 10.5 Å². The molecule has 108 valence electrons. The summed E-state index contributed by atoms with van der Waals surface area (Å²) >= 11 is 1.50. The number of hydrogen-bond acceptors (Lipinski definition) is 3. The summed E-state index contributed by atoms with van der Waals surface area (Å²) in [5, 5.41) is 12.2. The van der Waals surface area contributed by atoms with Crippen LogP contribution in [-0.2, 0) is 4.79 Å². The van der Waals surface area contributed by atoms with Crippen molar-refractivity contribution >= 4 is 17.7 Å². The van der Waals surface area contributed by atoms with Crippen molar-refractivity contribution in [3.05, 3.63) is 29.8 Å². The highest BCUT2D eigenvalue weighted by atomic mass is 32.2. The largest absolute Gasteiger partial charge is 0.337 e. The molecule has 4 heteroatoms. The molecule has 1 atom stereocenters. The van der Waals surface area contributed by atoms with Crippen molar-refractivity contribution < 1.29 is 4.79 Å². The number of amides is 1. The molecular weight excluding hydrogens is 268 g/mol. The van der Waals surface area contributed by atoms with E-state index in [0.29, 0.717) is 5.75 Å². The van der Waals surface area contributed by atoms with Gasteiger partial charge in [0.25, 0.3) is 0 Å². The first-order valence-corrected chi connectivity index (χ1v) is 7.59. The molecule has 3 nitrogen and oxygen atoms in total. The van der Waals surface area contributed by atoms with E-state index in [1.807, 2.05) is 52.0 Å². The number of carbonyl (C=O) groups excluding carboxylic acids is 1. The maximum atomic E-state index is 12.1. The molecule has 1 N–H and O–H groups in total. The Labute approximate surface area is 125 Å². The van der Waals surface area contributed by atoms with E-state index < -0.39 is 5.54 Å². The van der Waals surface area contributed by atoms with Gasteiger partial charge in [-0.2, -0.15) is 5.26 Å². The first kappa shape index (κ1) is 16.6. The van der Waals surface area contributed by atoms with Crippen LogP contribution in [0.2, 0.25) is 0 Å². The van der Waals surface area contributed by atoms with Gasteiger partial charge in [0.05, 0.1) is 11.8 Å². The fraction of sp³-hybridized carbons (Fsp3) is 0.500. The number of nitrogens with one attached hydrogen (secondary N) is 1. The minimum absolute atomic E-state index is 0.114. The number of thioether (sulfide) groups is 1. The molecule has 0 radical (unpaired) electrons. The lowest BCUT2D eigenvalue weighted by Gasteiger charge is -2.36. The van der Waals surface area contributed by atoms with Crippen LogP contribution in [0.3, 0.4) is 0 Å². The summed E-state index contributed by atoms with van der Waals surface area (Å²) in [5.74, 6) is 0.204. The highest BCUT2D eigenvalue weighted by molar-refractivity contribution is 8.00. The molecule has 0 unspecified atom stereocenters. The third kappa shape index (κ3) is 4.01. The SMILES string of the molecule is Cc1ccccc1SCC(=O)N[C@@](C)(C#N)C(C)(C)C. The topological polar surface area (TPSA) is 52.9 Å². The molecule has 0 aliphatic heterocycles. The first-order valence-electron chi connectivity index (χ1n) is 6.60. The monoisotopic (exact) mass is 290 g/mol. The van der Waals surface area contributed by atoms with Crippen molar-refractivity contribution in [1.29, 1.82) is 5.26 Å². The summed E-state index contributed by atoms with van der Waals surface area (Å²) in [4.78, 5) is 13.2. The molecule has 0 saturated carbocycles. The maximum absolute atomic E-state index is 12.1. The number of benzene rings is 1. The number of nitriles is 1. The number of hydrogen-bond donors (Lipinski definition) is 1. The summed E-state index contributed by atoms with van der Waals surface area (Å²) in [7, 11) is 0. The lowest BCUT2D eigenvalue weighted by molar-refractivity contribution is -0.120. The molecule has 0 saturated heterocycles. The molecule has 0 aliphatic carbocycles. The fourth-order valence-corrected chi connectivity index (χ4v) is 2.39. The fourth-order valence-electron chi connectivity index (χ4n) is 1.56. The molecule has 0 fully saturated rings. The minimum Gasteiger partial charge on any atom is -0.337 e. The van der Waals surface area contributed by atoms with Gasteiger partial charge in [-0.05, 0) is 30.9 Å². The molecule has 20 heavy (non-hydrogen) atoms. The number of carbonyl (C=O) groups is 1. The Morgan fingerprint density at radius 2 is 1.90 bits per heavy atom. The minimum atomic E-state index is -0.865. The molecule has 0 bridgehead atoms. The van der Waals surface area contributed by atoms with Crippen molar-refractivity contribution in [3.8, 4) is 6.07 Å². The van der Waals surface area contributed by atoms with Crippen LogP contribution in [0, 0.1) is 23.7 Å². The number of aryl methyl sites for hydroxylation is 1. The Morgan fingerprint density at radius 3 is 2.40 bits per heavy atom. The van der Waals surface area contributed by atoms with Crippen LogP contribution in [0.25, 0.3) is 0 Å². The highest BCUT2D eigenvalue weighted by Crippen LogP contribution is 2.29. The van der Waals surface area contributed by atoms with Gasteiger partial charge in [-0.3, -0.25) is 4.79 Å². The Morgan fingerprint density at radius 1 is 1.30 bits per heavy atom. The van der Waals surface area contributed by atoms with Crippen molar-refractivity contribution in [1.82, 2.24) is 5.32 Å². The van der Waals surface area contributed by atoms with Gasteiger partial charge in [0.2, 0.25) is 5.91 Å². The van der Waals surface area contributed by atoms with Gasteiger partial charge in [-0.15, -0.1) is 11.8 Å². The van der Waals surface area contributed by atoms with Crippen LogP contribution in [0.4, 0.5) is 0 Å². The maximum Gasteiger partial charge on any atom is 0.231 e. The molecule has 0 heterocycles. The van der Waals surface area contributed by atoms with Crippen molar-refractivity contribution in [3.63, 3.8) is 0 Å². The van der Waals surface area contributed by atoms with Crippen LogP contribution >= 0.6 is 11.8 Å². The second kappa shape index (κ2) is 6.32. The smallest absolute Gasteiger partial charge is 0.231 e. The van der Waals surface area contributed by atoms with Crippen LogP contribution in [-0.4, -0.2) is 17.2 Å². The highest BCUT2D eigenvalue weighted by Gasteiger charge is 2.39. The average molecular weight is 290 g/mol. The summed E-state index contributed by atoms with van der Waals surface area (Å²) in [6, 6.07) is 10.2. The van der Waals surface area contributed by atoms with E-state index in [4.69, 9.17) is 0 Å². The number of nitrogens with zero attached hydrogens (tertiary/aromatic N) is 1. The zero-order valence-electron chi connectivity index (χ0n) is 12.8. The molecule has 0 spiro atoms. The van der Waals surface area contributed by atoms with Crippen LogP contribution in [0.1, 0.15) is 33.3 Å². The summed E-state index contributed by atoms with van der Waals surface area (Å²) in [6.45, 7) is 9.64. The van der Waals surface area contributed by atoms with Gasteiger partial charge in [-0.25, -0.2) is 0 Å². The molecule has 1 aromatic carbocycles. The van der Waals surface area contributed by atoms with Crippen molar-refractivity contribution in [2.75, 3.05) is 5.75 Å². The lowest BCUT2D eigenvalue weighted by atomic mass is 9.76. The Kier molecular flexibility index (Phi) is 5.24. The molecular formula is C16H22N2OS. The van der Waals surface area contributed by atoms with E-state index in [9.17, 15) is 10.1 Å². The number of rotatable bonds is 4. The third-order valence-corrected chi connectivity index (χ3v) is 4.74. The van der Waals surface area contributed by atoms with Crippen LogP contribution < -0.4 is 5.32 Å². The lowest BCUT2D eigenvalue weighted by Crippen LogP contribution is -2.54. The Hall–Kier alpha value is -1.47. The van der Waals surface area contributed by atoms with Gasteiger partial charge >= 0.3 is 0 Å². The summed E-state index contributed by atoms with van der Waals surface area (Å²) in [6.07, 6.45) is 0. The zero-order chi connectivity index (χ0) is 15.4. The second-order valence-electron chi connectivity index (χ2n) is 6.09. The second-order valence-corrected chi connectivity index (χ2v) is 7.11. The molecule has 0 aromatic heterocycles. The predicted octanol–water partition coefficient (Wildman–Crippen LogP) is 3.53. The van der Waals surface area contributed by atoms with Gasteiger partial charge in [0.1, 0.15) is 5.54 Å². The van der Waals surface area contributed by atoms with Crippen LogP contribution in [0.15, 0.2) is 29.2 Å². The van der Waals surface area contributed by atoms with E-state index >= 15 is 0 Å². The molecule has 0 aliphatic rings. The van der Waals surface area contributed by atoms with Crippen molar-refractivity contribution in [2.24, 2.45) is 5.41 Å². The van der Waals surface area contributed by atoms with Gasteiger partial charge in [0, 0.05) is 4.90 Å². The standard InChI is InChI=1S/C16H22N2OS/c1-12-8-6-7-9-13(12)20-10-14(19)18-16(5,11-17)15(2,3)4/h6-9H,10H2,1-5H3,(H,18,19)/t16-/m0/s1. The molecule has 1 aromatic rings. The van der Waals surface area contributed by atoms with E-state index in [-0.39, 0.29) is 11.3 Å². The Bertz CT molecular complexity index is 528. The van der Waals surface area contributed by atoms with E-state index in [2.05, 4.69) is 11.4 Å². The van der Waals surface area contributed by atoms with E-state index in [1.165, 1.54) is 11.8 Å². The Balaban J connectivity index is 2.66. The summed E-state index contributed by atoms with van der Waals surface area (Å²) in [5.41, 5.74) is -0.0228. The third-order valence-electron chi connectivity index (χ3n) is 3.57. The van der Waals surface area contributed by atoms with Gasteiger partial charge in [0.15, 0.2) is 0 Å². The first-order chi connectivity index (χ1) is 9.19. The predicted molar refractivity (Wildman–Crippen MR) is 83.5 cm³/mol. The molecule has 1 amide bonds.